The van der Waals surface area contributed by atoms with Crippen LogP contribution in [-0.2, 0) is 6.54 Å². The van der Waals surface area contributed by atoms with E-state index in [1.165, 1.54) is 4.57 Å². The number of hydrogen-bond donors (Lipinski definition) is 3. The van der Waals surface area contributed by atoms with Gasteiger partial charge in [0.05, 0.1) is 17.4 Å². The highest BCUT2D eigenvalue weighted by molar-refractivity contribution is 7.71. The fourth-order valence-corrected chi connectivity index (χ4v) is 3.17. The van der Waals surface area contributed by atoms with Crippen LogP contribution in [0.1, 0.15) is 22.3 Å². The van der Waals surface area contributed by atoms with E-state index >= 15 is 0 Å². The second-order valence-corrected chi connectivity index (χ2v) is 6.80. The van der Waals surface area contributed by atoms with Gasteiger partial charge in [0.2, 0.25) is 0 Å². The van der Waals surface area contributed by atoms with E-state index in [4.69, 9.17) is 28.9 Å². The van der Waals surface area contributed by atoms with Crippen LogP contribution < -0.4 is 10.9 Å². The van der Waals surface area contributed by atoms with E-state index < -0.39 is 0 Å². The maximum absolute atomic E-state index is 12.9. The summed E-state index contributed by atoms with van der Waals surface area (Å²) < 4.78 is 1.70. The number of hydrogen-bond acceptors (Lipinski definition) is 4. The molecule has 0 atom stereocenters. The molecule has 0 spiro atoms. The smallest absolute Gasteiger partial charge is 0.262 e. The zero-order valence-electron chi connectivity index (χ0n) is 14.4. The summed E-state index contributed by atoms with van der Waals surface area (Å²) >= 11 is 11.5. The van der Waals surface area contributed by atoms with Gasteiger partial charge in [-0.05, 0) is 48.5 Å². The van der Waals surface area contributed by atoms with Gasteiger partial charge in [0.1, 0.15) is 0 Å². The lowest BCUT2D eigenvalue weighted by atomic mass is 10.1. The Labute approximate surface area is 165 Å². The van der Waals surface area contributed by atoms with E-state index in [2.05, 4.69) is 10.3 Å². The number of rotatable bonds is 6. The minimum absolute atomic E-state index is 0.00998. The minimum atomic E-state index is -0.273. The third kappa shape index (κ3) is 4.27. The summed E-state index contributed by atoms with van der Waals surface area (Å²) in [7, 11) is 0. The fourth-order valence-electron chi connectivity index (χ4n) is 2.72. The fraction of sp³-hybridized carbons (Fsp3) is 0.211. The summed E-state index contributed by atoms with van der Waals surface area (Å²) in [4.78, 5) is 28.0. The number of aromatic amines is 1. The van der Waals surface area contributed by atoms with Crippen LogP contribution in [0.25, 0.3) is 10.9 Å². The van der Waals surface area contributed by atoms with Crippen LogP contribution in [0.5, 0.6) is 0 Å². The summed E-state index contributed by atoms with van der Waals surface area (Å²) in [6, 6.07) is 12.1. The molecule has 0 bridgehead atoms. The van der Waals surface area contributed by atoms with Crippen LogP contribution in [0.3, 0.4) is 0 Å². The van der Waals surface area contributed by atoms with Crippen molar-refractivity contribution in [2.24, 2.45) is 0 Å². The molecule has 0 unspecified atom stereocenters. The first-order valence-corrected chi connectivity index (χ1v) is 9.19. The SMILES string of the molecule is O=C(NCCCO)c1ccc2c(=O)n(Cc3ccccc3Cl)c(=S)[nH]c2c1. The van der Waals surface area contributed by atoms with Crippen LogP contribution >= 0.6 is 23.8 Å². The normalized spacial score (nSPS) is 10.9. The van der Waals surface area contributed by atoms with Gasteiger partial charge >= 0.3 is 0 Å². The summed E-state index contributed by atoms with van der Waals surface area (Å²) in [6.45, 7) is 0.645. The minimum Gasteiger partial charge on any atom is -0.396 e. The highest BCUT2D eigenvalue weighted by Crippen LogP contribution is 2.17. The molecule has 0 fully saturated rings. The van der Waals surface area contributed by atoms with Crippen LogP contribution in [0.2, 0.25) is 5.02 Å². The lowest BCUT2D eigenvalue weighted by Gasteiger charge is -2.10. The molecule has 0 radical (unpaired) electrons. The number of amides is 1. The number of H-pyrrole nitrogens is 1. The lowest BCUT2D eigenvalue weighted by Crippen LogP contribution is -2.26. The maximum atomic E-state index is 12.9. The molecule has 3 rings (SSSR count). The zero-order valence-corrected chi connectivity index (χ0v) is 15.9. The van der Waals surface area contributed by atoms with Gasteiger partial charge in [0.25, 0.3) is 11.5 Å². The Kier molecular flexibility index (Phi) is 6.05. The van der Waals surface area contributed by atoms with Crippen molar-refractivity contribution in [1.82, 2.24) is 14.9 Å². The number of halogens is 1. The molecule has 0 aliphatic rings. The molecule has 1 heterocycles. The molecule has 3 N–H and O–H groups in total. The molecule has 1 amide bonds. The molecule has 6 nitrogen and oxygen atoms in total. The van der Waals surface area contributed by atoms with Crippen molar-refractivity contribution in [1.29, 1.82) is 0 Å². The Morgan fingerprint density at radius 2 is 2.04 bits per heavy atom. The van der Waals surface area contributed by atoms with Crippen molar-refractivity contribution in [3.63, 3.8) is 0 Å². The predicted molar refractivity (Wildman–Crippen MR) is 108 cm³/mol. The molecule has 3 aromatic rings. The van der Waals surface area contributed by atoms with Crippen LogP contribution in [-0.4, -0.2) is 33.7 Å². The molecular weight excluding hydrogens is 386 g/mol. The first-order chi connectivity index (χ1) is 13.0. The largest absolute Gasteiger partial charge is 0.396 e. The van der Waals surface area contributed by atoms with Crippen LogP contribution in [0.4, 0.5) is 0 Å². The third-order valence-electron chi connectivity index (χ3n) is 4.15. The van der Waals surface area contributed by atoms with Gasteiger partial charge in [-0.25, -0.2) is 0 Å². The Morgan fingerprint density at radius 3 is 2.78 bits per heavy atom. The van der Waals surface area contributed by atoms with Gasteiger partial charge in [-0.1, -0.05) is 29.8 Å². The van der Waals surface area contributed by atoms with Crippen molar-refractivity contribution in [2.45, 2.75) is 13.0 Å². The molecule has 27 heavy (non-hydrogen) atoms. The van der Waals surface area contributed by atoms with E-state index in [0.717, 1.165) is 5.56 Å². The average molecular weight is 404 g/mol. The van der Waals surface area contributed by atoms with E-state index in [1.54, 1.807) is 24.3 Å². The van der Waals surface area contributed by atoms with Gasteiger partial charge in [-0.2, -0.15) is 0 Å². The quantitative estimate of drug-likeness (QED) is 0.436. The van der Waals surface area contributed by atoms with Crippen LogP contribution in [0.15, 0.2) is 47.3 Å². The summed E-state index contributed by atoms with van der Waals surface area (Å²) in [6.07, 6.45) is 0.481. The number of aliphatic hydroxyl groups is 1. The van der Waals surface area contributed by atoms with Gasteiger partial charge in [0, 0.05) is 23.7 Å². The highest BCUT2D eigenvalue weighted by atomic mass is 35.5. The molecule has 2 aromatic carbocycles. The van der Waals surface area contributed by atoms with E-state index in [1.807, 2.05) is 18.2 Å². The monoisotopic (exact) mass is 403 g/mol. The van der Waals surface area contributed by atoms with Crippen molar-refractivity contribution >= 4 is 40.6 Å². The van der Waals surface area contributed by atoms with Crippen molar-refractivity contribution in [3.8, 4) is 0 Å². The maximum Gasteiger partial charge on any atom is 0.262 e. The number of carbonyl (C=O) groups excluding carboxylic acids is 1. The molecule has 0 saturated carbocycles. The number of fused-ring (bicyclic) bond motifs is 1. The van der Waals surface area contributed by atoms with Gasteiger partial charge in [0.15, 0.2) is 4.77 Å². The lowest BCUT2D eigenvalue weighted by molar-refractivity contribution is 0.0951. The number of aliphatic hydroxyl groups excluding tert-OH is 1. The second kappa shape index (κ2) is 8.47. The van der Waals surface area contributed by atoms with Crippen molar-refractivity contribution in [3.05, 3.63) is 73.7 Å². The Hall–Kier alpha value is -2.48. The van der Waals surface area contributed by atoms with Gasteiger partial charge < -0.3 is 15.4 Å². The molecule has 0 aliphatic carbocycles. The van der Waals surface area contributed by atoms with E-state index in [0.29, 0.717) is 34.5 Å². The number of carbonyl (C=O) groups is 1. The van der Waals surface area contributed by atoms with Gasteiger partial charge in [-0.15, -0.1) is 0 Å². The topological polar surface area (TPSA) is 87.1 Å². The predicted octanol–water partition coefficient (Wildman–Crippen LogP) is 2.87. The van der Waals surface area contributed by atoms with Crippen LogP contribution in [0, 0.1) is 4.77 Å². The van der Waals surface area contributed by atoms with Gasteiger partial charge in [-0.3, -0.25) is 14.2 Å². The summed E-state index contributed by atoms with van der Waals surface area (Å²) in [5.41, 5.74) is 1.45. The second-order valence-electron chi connectivity index (χ2n) is 6.01. The molecular formula is C19H18ClN3O3S. The number of aromatic nitrogens is 2. The Balaban J connectivity index is 1.97. The number of nitrogens with zero attached hydrogens (tertiary/aromatic N) is 1. The summed E-state index contributed by atoms with van der Waals surface area (Å²) in [5, 5.41) is 12.5. The number of benzene rings is 2. The average Bonchev–Trinajstić information content (AvgIpc) is 2.66. The standard InChI is InChI=1S/C19H18ClN3O3S/c20-15-5-2-1-4-13(15)11-23-18(26)14-7-6-12(10-16(14)22-19(23)27)17(25)21-8-3-9-24/h1-2,4-7,10,24H,3,8-9,11H2,(H,21,25)(H,22,27). The summed E-state index contributed by atoms with van der Waals surface area (Å²) in [5.74, 6) is -0.273. The first kappa shape index (κ1) is 19.3. The number of nitrogens with one attached hydrogen (secondary N) is 2. The first-order valence-electron chi connectivity index (χ1n) is 8.40. The van der Waals surface area contributed by atoms with Crippen molar-refractivity contribution < 1.29 is 9.90 Å². The highest BCUT2D eigenvalue weighted by Gasteiger charge is 2.11. The molecule has 1 aromatic heterocycles. The van der Waals surface area contributed by atoms with E-state index in [9.17, 15) is 9.59 Å². The zero-order chi connectivity index (χ0) is 19.4. The molecule has 140 valence electrons. The van der Waals surface area contributed by atoms with Crippen molar-refractivity contribution in [2.75, 3.05) is 13.2 Å². The molecule has 0 saturated heterocycles. The third-order valence-corrected chi connectivity index (χ3v) is 4.84. The van der Waals surface area contributed by atoms with E-state index in [-0.39, 0.29) is 29.4 Å². The Bertz CT molecular complexity index is 1110. The Morgan fingerprint density at radius 1 is 1.26 bits per heavy atom. The molecule has 8 heteroatoms. The molecule has 0 aliphatic heterocycles.